The molecule has 6 heteroatoms. The van der Waals surface area contributed by atoms with Crippen LogP contribution >= 0.6 is 0 Å². The largest absolute Gasteiger partial charge is 0.381 e. The van der Waals surface area contributed by atoms with Crippen LogP contribution in [0.2, 0.25) is 0 Å². The van der Waals surface area contributed by atoms with Crippen LogP contribution in [-0.4, -0.2) is 31.4 Å². The monoisotopic (exact) mass is 427 g/mol. The SMILES string of the molecule is CC1(C)CNCc2cc(NC(=O)c3ccccc3NCC3=CNC4N=CC=CC34)ccc21. The molecule has 0 spiro atoms. The first-order valence-electron chi connectivity index (χ1n) is 11.1. The molecule has 0 saturated carbocycles. The van der Waals surface area contributed by atoms with Gasteiger partial charge in [0.05, 0.1) is 5.56 Å². The van der Waals surface area contributed by atoms with Crippen LogP contribution in [0.15, 0.2) is 71.4 Å². The van der Waals surface area contributed by atoms with E-state index in [9.17, 15) is 4.79 Å². The third kappa shape index (κ3) is 3.94. The van der Waals surface area contributed by atoms with E-state index in [4.69, 9.17) is 0 Å². The highest BCUT2D eigenvalue weighted by Gasteiger charge is 2.28. The molecule has 4 N–H and O–H groups in total. The average Bonchev–Trinajstić information content (AvgIpc) is 3.20. The van der Waals surface area contributed by atoms with Gasteiger partial charge in [-0.2, -0.15) is 0 Å². The van der Waals surface area contributed by atoms with Crippen molar-refractivity contribution in [3.05, 3.63) is 83.1 Å². The quantitative estimate of drug-likeness (QED) is 0.585. The summed E-state index contributed by atoms with van der Waals surface area (Å²) in [7, 11) is 0. The van der Waals surface area contributed by atoms with Gasteiger partial charge in [-0.25, -0.2) is 0 Å². The zero-order valence-electron chi connectivity index (χ0n) is 18.5. The van der Waals surface area contributed by atoms with Gasteiger partial charge < -0.3 is 21.3 Å². The lowest BCUT2D eigenvalue weighted by Crippen LogP contribution is -2.38. The minimum atomic E-state index is -0.116. The summed E-state index contributed by atoms with van der Waals surface area (Å²) in [6.45, 7) is 6.92. The summed E-state index contributed by atoms with van der Waals surface area (Å²) in [6.07, 6.45) is 8.09. The topological polar surface area (TPSA) is 77.5 Å². The number of allylic oxidation sites excluding steroid dienone is 1. The van der Waals surface area contributed by atoms with E-state index >= 15 is 0 Å². The Morgan fingerprint density at radius 3 is 3.00 bits per heavy atom. The van der Waals surface area contributed by atoms with Crippen molar-refractivity contribution in [1.29, 1.82) is 0 Å². The highest BCUT2D eigenvalue weighted by Crippen LogP contribution is 2.31. The highest BCUT2D eigenvalue weighted by molar-refractivity contribution is 6.08. The van der Waals surface area contributed by atoms with Gasteiger partial charge in [0.25, 0.3) is 5.91 Å². The van der Waals surface area contributed by atoms with Crippen LogP contribution in [0.4, 0.5) is 11.4 Å². The maximum absolute atomic E-state index is 13.1. The highest BCUT2D eigenvalue weighted by atomic mass is 16.1. The van der Waals surface area contributed by atoms with Crippen molar-refractivity contribution in [3.63, 3.8) is 0 Å². The Hall–Kier alpha value is -3.38. The third-order valence-electron chi connectivity index (χ3n) is 6.49. The molecule has 0 saturated heterocycles. The summed E-state index contributed by atoms with van der Waals surface area (Å²) in [6, 6.07) is 13.9. The maximum Gasteiger partial charge on any atom is 0.257 e. The standard InChI is InChI=1S/C26H29N5O/c1-26(2)16-27-13-17-12-19(9-10-22(17)26)31-25(32)21-6-3-4-8-23(21)29-14-18-15-30-24-20(18)7-5-11-28-24/h3-12,15,20,24,27,29-30H,13-14,16H2,1-2H3,(H,31,32). The molecule has 3 aliphatic rings. The molecule has 3 heterocycles. The van der Waals surface area contributed by atoms with Gasteiger partial charge in [-0.15, -0.1) is 0 Å². The molecule has 0 aromatic heterocycles. The Morgan fingerprint density at radius 1 is 1.22 bits per heavy atom. The number of nitrogens with one attached hydrogen (secondary N) is 4. The molecule has 0 radical (unpaired) electrons. The molecule has 0 fully saturated rings. The van der Waals surface area contributed by atoms with Crippen molar-refractivity contribution in [1.82, 2.24) is 10.6 Å². The minimum absolute atomic E-state index is 0.0822. The maximum atomic E-state index is 13.1. The number of fused-ring (bicyclic) bond motifs is 2. The van der Waals surface area contributed by atoms with Crippen molar-refractivity contribution >= 4 is 23.5 Å². The van der Waals surface area contributed by atoms with Gasteiger partial charge in [-0.05, 0) is 53.2 Å². The number of benzene rings is 2. The number of amides is 1. The number of rotatable bonds is 5. The summed E-state index contributed by atoms with van der Waals surface area (Å²) in [5.74, 6) is 0.136. The van der Waals surface area contributed by atoms with Gasteiger partial charge in [-0.3, -0.25) is 9.79 Å². The molecular formula is C26H29N5O. The molecule has 0 bridgehead atoms. The van der Waals surface area contributed by atoms with Crippen molar-refractivity contribution in [2.24, 2.45) is 10.9 Å². The van der Waals surface area contributed by atoms with E-state index in [0.29, 0.717) is 12.1 Å². The number of dihydropyridines is 1. The van der Waals surface area contributed by atoms with E-state index in [1.54, 1.807) is 0 Å². The lowest BCUT2D eigenvalue weighted by atomic mass is 9.79. The van der Waals surface area contributed by atoms with Crippen LogP contribution < -0.4 is 21.3 Å². The summed E-state index contributed by atoms with van der Waals surface area (Å²) in [4.78, 5) is 17.6. The smallest absolute Gasteiger partial charge is 0.257 e. The van der Waals surface area contributed by atoms with Crippen LogP contribution in [0, 0.1) is 5.92 Å². The molecular weight excluding hydrogens is 398 g/mol. The Bertz CT molecular complexity index is 1130. The Balaban J connectivity index is 1.29. The van der Waals surface area contributed by atoms with Crippen molar-refractivity contribution < 1.29 is 4.79 Å². The Kier molecular flexibility index (Phi) is 5.31. The van der Waals surface area contributed by atoms with Gasteiger partial charge in [0.2, 0.25) is 0 Å². The van der Waals surface area contributed by atoms with Gasteiger partial charge in [-0.1, -0.05) is 38.1 Å². The third-order valence-corrected chi connectivity index (χ3v) is 6.49. The zero-order valence-corrected chi connectivity index (χ0v) is 18.5. The fraction of sp³-hybridized carbons (Fsp3) is 0.308. The molecule has 2 atom stereocenters. The van der Waals surface area contributed by atoms with Crippen molar-refractivity contribution in [3.8, 4) is 0 Å². The molecule has 5 rings (SSSR count). The van der Waals surface area contributed by atoms with Gasteiger partial charge >= 0.3 is 0 Å². The van der Waals surface area contributed by atoms with Crippen molar-refractivity contribution in [2.75, 3.05) is 23.7 Å². The molecule has 1 amide bonds. The van der Waals surface area contributed by atoms with Gasteiger partial charge in [0, 0.05) is 48.6 Å². The first-order valence-corrected chi connectivity index (χ1v) is 11.1. The lowest BCUT2D eigenvalue weighted by molar-refractivity contribution is 0.102. The second-order valence-electron chi connectivity index (χ2n) is 9.25. The predicted octanol–water partition coefficient (Wildman–Crippen LogP) is 3.80. The van der Waals surface area contributed by atoms with Crippen LogP contribution in [0.25, 0.3) is 0 Å². The second kappa shape index (κ2) is 8.28. The van der Waals surface area contributed by atoms with Crippen LogP contribution in [0.1, 0.15) is 35.3 Å². The zero-order chi connectivity index (χ0) is 22.1. The minimum Gasteiger partial charge on any atom is -0.381 e. The fourth-order valence-electron chi connectivity index (χ4n) is 4.75. The molecule has 3 aliphatic heterocycles. The predicted molar refractivity (Wildman–Crippen MR) is 130 cm³/mol. The summed E-state index contributed by atoms with van der Waals surface area (Å²) >= 11 is 0. The first-order chi connectivity index (χ1) is 15.5. The van der Waals surface area contributed by atoms with E-state index in [1.807, 2.05) is 48.8 Å². The first kappa shape index (κ1) is 20.5. The van der Waals surface area contributed by atoms with E-state index in [-0.39, 0.29) is 23.4 Å². The Labute approximate surface area is 188 Å². The number of aliphatic imine (C=N–C) groups is 1. The molecule has 0 aliphatic carbocycles. The van der Waals surface area contributed by atoms with Crippen molar-refractivity contribution in [2.45, 2.75) is 32.0 Å². The van der Waals surface area contributed by atoms with E-state index in [2.05, 4.69) is 58.3 Å². The van der Waals surface area contributed by atoms with E-state index in [0.717, 1.165) is 24.5 Å². The Morgan fingerprint density at radius 2 is 2.09 bits per heavy atom. The fourth-order valence-corrected chi connectivity index (χ4v) is 4.75. The number of carbonyl (C=O) groups excluding carboxylic acids is 1. The number of nitrogens with zero attached hydrogens (tertiary/aromatic N) is 1. The summed E-state index contributed by atoms with van der Waals surface area (Å²) in [5, 5.41) is 13.3. The molecule has 6 nitrogen and oxygen atoms in total. The normalized spacial score (nSPS) is 22.4. The number of carbonyl (C=O) groups is 1. The van der Waals surface area contributed by atoms with Crippen LogP contribution in [0.3, 0.4) is 0 Å². The van der Waals surface area contributed by atoms with E-state index < -0.39 is 0 Å². The molecule has 32 heavy (non-hydrogen) atoms. The molecule has 164 valence electrons. The van der Waals surface area contributed by atoms with Crippen LogP contribution in [0.5, 0.6) is 0 Å². The average molecular weight is 428 g/mol. The molecule has 2 unspecified atom stereocenters. The lowest BCUT2D eigenvalue weighted by Gasteiger charge is -2.33. The van der Waals surface area contributed by atoms with Crippen LogP contribution in [-0.2, 0) is 12.0 Å². The van der Waals surface area contributed by atoms with Gasteiger partial charge in [0.15, 0.2) is 0 Å². The second-order valence-corrected chi connectivity index (χ2v) is 9.25. The van der Waals surface area contributed by atoms with E-state index in [1.165, 1.54) is 16.7 Å². The number of hydrogen-bond donors (Lipinski definition) is 4. The number of para-hydroxylation sites is 1. The number of hydrogen-bond acceptors (Lipinski definition) is 5. The molecule has 2 aromatic carbocycles. The number of anilines is 2. The summed E-state index contributed by atoms with van der Waals surface area (Å²) in [5.41, 5.74) is 6.16. The van der Waals surface area contributed by atoms with Gasteiger partial charge in [0.1, 0.15) is 6.17 Å². The summed E-state index contributed by atoms with van der Waals surface area (Å²) < 4.78 is 0. The molecule has 2 aromatic rings.